The van der Waals surface area contributed by atoms with Gasteiger partial charge in [0.25, 0.3) is 0 Å². The van der Waals surface area contributed by atoms with Crippen molar-refractivity contribution in [1.82, 2.24) is 9.97 Å². The quantitative estimate of drug-likeness (QED) is 0.790. The first-order chi connectivity index (χ1) is 9.28. The summed E-state index contributed by atoms with van der Waals surface area (Å²) in [4.78, 5) is 8.76. The predicted octanol–water partition coefficient (Wildman–Crippen LogP) is 4.08. The Kier molecular flexibility index (Phi) is 3.21. The number of fused-ring (bicyclic) bond motifs is 1. The average Bonchev–Trinajstić information content (AvgIpc) is 2.85. The average molecular weight is 318 g/mol. The Bertz CT molecular complexity index is 691. The molecule has 2 heterocycles. The molecule has 3 aromatic rings. The number of aromatic nitrogens is 2. The molecule has 1 N–H and O–H groups in total. The van der Waals surface area contributed by atoms with E-state index in [2.05, 4.69) is 31.2 Å². The lowest BCUT2D eigenvalue weighted by atomic mass is 10.2. The van der Waals surface area contributed by atoms with E-state index in [1.807, 2.05) is 37.3 Å². The normalized spacial score (nSPS) is 10.8. The largest absolute Gasteiger partial charge is 0.453 e. The van der Waals surface area contributed by atoms with Gasteiger partial charge in [-0.3, -0.25) is 0 Å². The van der Waals surface area contributed by atoms with Crippen LogP contribution < -0.4 is 5.32 Å². The molecule has 0 bridgehead atoms. The number of anilines is 1. The van der Waals surface area contributed by atoms with E-state index in [0.29, 0.717) is 11.6 Å². The number of benzene rings is 1. The van der Waals surface area contributed by atoms with Crippen molar-refractivity contribution in [2.75, 3.05) is 11.9 Å². The minimum Gasteiger partial charge on any atom is -0.453 e. The summed E-state index contributed by atoms with van der Waals surface area (Å²) in [6, 6.07) is 9.82. The number of nitrogens with one attached hydrogen (secondary N) is 1. The molecule has 0 radical (unpaired) electrons. The third-order valence-electron chi connectivity index (χ3n) is 2.73. The molecule has 0 saturated carbocycles. The lowest BCUT2D eigenvalue weighted by molar-refractivity contribution is 0.625. The highest BCUT2D eigenvalue weighted by Gasteiger charge is 2.11. The van der Waals surface area contributed by atoms with Crippen molar-refractivity contribution in [2.24, 2.45) is 0 Å². The van der Waals surface area contributed by atoms with Crippen LogP contribution in [0.15, 0.2) is 45.4 Å². The summed E-state index contributed by atoms with van der Waals surface area (Å²) in [6.45, 7) is 2.82. The highest BCUT2D eigenvalue weighted by molar-refractivity contribution is 9.10. The van der Waals surface area contributed by atoms with Crippen molar-refractivity contribution < 1.29 is 4.42 Å². The second kappa shape index (κ2) is 5.01. The highest BCUT2D eigenvalue weighted by Crippen LogP contribution is 2.27. The minimum atomic E-state index is 0.579. The molecule has 0 fully saturated rings. The lowest BCUT2D eigenvalue weighted by Gasteiger charge is -2.05. The summed E-state index contributed by atoms with van der Waals surface area (Å²) in [6.07, 6.45) is 1.73. The number of halogens is 1. The zero-order chi connectivity index (χ0) is 13.2. The molecule has 0 aliphatic heterocycles. The Labute approximate surface area is 119 Å². The standard InChI is InChI=1S/C14H12BrN3O/c1-2-16-13-10(15)8-17-14(18-13)12-7-9-5-3-4-6-11(9)19-12/h3-8H,2H2,1H3,(H,16,17,18). The third kappa shape index (κ3) is 2.33. The SMILES string of the molecule is CCNc1nc(-c2cc3ccccc3o2)ncc1Br. The van der Waals surface area contributed by atoms with Crippen LogP contribution in [0.1, 0.15) is 6.92 Å². The van der Waals surface area contributed by atoms with Crippen LogP contribution in [0.4, 0.5) is 5.82 Å². The number of para-hydroxylation sites is 1. The Balaban J connectivity index is 2.08. The molecule has 0 aliphatic rings. The van der Waals surface area contributed by atoms with Gasteiger partial charge in [-0.1, -0.05) is 18.2 Å². The van der Waals surface area contributed by atoms with E-state index in [0.717, 1.165) is 27.8 Å². The van der Waals surface area contributed by atoms with E-state index >= 15 is 0 Å². The van der Waals surface area contributed by atoms with Gasteiger partial charge in [-0.2, -0.15) is 0 Å². The van der Waals surface area contributed by atoms with Crippen LogP contribution in [0.5, 0.6) is 0 Å². The molecule has 96 valence electrons. The van der Waals surface area contributed by atoms with Gasteiger partial charge in [-0.25, -0.2) is 9.97 Å². The van der Waals surface area contributed by atoms with Crippen LogP contribution in [-0.4, -0.2) is 16.5 Å². The molecule has 3 rings (SSSR count). The van der Waals surface area contributed by atoms with E-state index in [1.54, 1.807) is 6.20 Å². The Hall–Kier alpha value is -1.88. The molecule has 5 heteroatoms. The zero-order valence-electron chi connectivity index (χ0n) is 10.4. The summed E-state index contributed by atoms with van der Waals surface area (Å²) < 4.78 is 6.60. The number of nitrogens with zero attached hydrogens (tertiary/aromatic N) is 2. The second-order valence-corrected chi connectivity index (χ2v) is 4.92. The van der Waals surface area contributed by atoms with Crippen molar-refractivity contribution in [3.63, 3.8) is 0 Å². The van der Waals surface area contributed by atoms with Gasteiger partial charge in [0.15, 0.2) is 11.6 Å². The second-order valence-electron chi connectivity index (χ2n) is 4.07. The summed E-state index contributed by atoms with van der Waals surface area (Å²) in [5.41, 5.74) is 0.842. The molecule has 1 aromatic carbocycles. The summed E-state index contributed by atoms with van der Waals surface area (Å²) >= 11 is 3.42. The van der Waals surface area contributed by atoms with Gasteiger partial charge in [-0.05, 0) is 35.0 Å². The first-order valence-electron chi connectivity index (χ1n) is 6.03. The molecular weight excluding hydrogens is 306 g/mol. The van der Waals surface area contributed by atoms with Crippen molar-refractivity contribution >= 4 is 32.7 Å². The zero-order valence-corrected chi connectivity index (χ0v) is 11.9. The fourth-order valence-electron chi connectivity index (χ4n) is 1.87. The van der Waals surface area contributed by atoms with Crippen molar-refractivity contribution in [3.8, 4) is 11.6 Å². The Morgan fingerprint density at radius 1 is 1.32 bits per heavy atom. The van der Waals surface area contributed by atoms with Gasteiger partial charge in [0.1, 0.15) is 11.4 Å². The topological polar surface area (TPSA) is 51.0 Å². The van der Waals surface area contributed by atoms with E-state index in [4.69, 9.17) is 4.42 Å². The maximum atomic E-state index is 5.76. The van der Waals surface area contributed by atoms with Gasteiger partial charge in [0, 0.05) is 18.1 Å². The fourth-order valence-corrected chi connectivity index (χ4v) is 2.20. The summed E-state index contributed by atoms with van der Waals surface area (Å²) in [7, 11) is 0. The van der Waals surface area contributed by atoms with Crippen LogP contribution in [0.25, 0.3) is 22.6 Å². The van der Waals surface area contributed by atoms with Crippen molar-refractivity contribution in [3.05, 3.63) is 41.0 Å². The van der Waals surface area contributed by atoms with Crippen LogP contribution in [0.3, 0.4) is 0 Å². The van der Waals surface area contributed by atoms with Crippen molar-refractivity contribution in [2.45, 2.75) is 6.92 Å². The first-order valence-corrected chi connectivity index (χ1v) is 6.82. The molecule has 2 aromatic heterocycles. The maximum Gasteiger partial charge on any atom is 0.197 e. The molecule has 0 amide bonds. The molecule has 0 saturated heterocycles. The first kappa shape index (κ1) is 12.2. The smallest absolute Gasteiger partial charge is 0.197 e. The Morgan fingerprint density at radius 2 is 2.16 bits per heavy atom. The number of furan rings is 1. The lowest BCUT2D eigenvalue weighted by Crippen LogP contribution is -2.02. The van der Waals surface area contributed by atoms with E-state index < -0.39 is 0 Å². The predicted molar refractivity (Wildman–Crippen MR) is 79.1 cm³/mol. The number of hydrogen-bond donors (Lipinski definition) is 1. The number of rotatable bonds is 3. The number of hydrogen-bond acceptors (Lipinski definition) is 4. The van der Waals surface area contributed by atoms with Gasteiger partial charge in [-0.15, -0.1) is 0 Å². The van der Waals surface area contributed by atoms with Gasteiger partial charge >= 0.3 is 0 Å². The van der Waals surface area contributed by atoms with Gasteiger partial charge in [0.05, 0.1) is 4.47 Å². The molecule has 0 unspecified atom stereocenters. The van der Waals surface area contributed by atoms with E-state index in [9.17, 15) is 0 Å². The summed E-state index contributed by atoms with van der Waals surface area (Å²) in [5.74, 6) is 2.02. The van der Waals surface area contributed by atoms with E-state index in [1.165, 1.54) is 0 Å². The molecule has 19 heavy (non-hydrogen) atoms. The van der Waals surface area contributed by atoms with Gasteiger partial charge < -0.3 is 9.73 Å². The monoisotopic (exact) mass is 317 g/mol. The van der Waals surface area contributed by atoms with Gasteiger partial charge in [0.2, 0.25) is 0 Å². The van der Waals surface area contributed by atoms with Crippen LogP contribution in [0, 0.1) is 0 Å². The molecule has 0 aliphatic carbocycles. The van der Waals surface area contributed by atoms with Crippen molar-refractivity contribution in [1.29, 1.82) is 0 Å². The Morgan fingerprint density at radius 3 is 2.95 bits per heavy atom. The van der Waals surface area contributed by atoms with Crippen LogP contribution in [-0.2, 0) is 0 Å². The molecule has 0 atom stereocenters. The molecule has 0 spiro atoms. The van der Waals surface area contributed by atoms with Crippen LogP contribution >= 0.6 is 15.9 Å². The highest BCUT2D eigenvalue weighted by atomic mass is 79.9. The minimum absolute atomic E-state index is 0.579. The van der Waals surface area contributed by atoms with E-state index in [-0.39, 0.29) is 0 Å². The summed E-state index contributed by atoms with van der Waals surface area (Å²) in [5, 5.41) is 4.23. The third-order valence-corrected chi connectivity index (χ3v) is 3.31. The van der Waals surface area contributed by atoms with Crippen LogP contribution in [0.2, 0.25) is 0 Å². The maximum absolute atomic E-state index is 5.76. The molecule has 4 nitrogen and oxygen atoms in total. The molecular formula is C14H12BrN3O. The fraction of sp³-hybridized carbons (Fsp3) is 0.143.